The summed E-state index contributed by atoms with van der Waals surface area (Å²) in [7, 11) is 1.79. The van der Waals surface area contributed by atoms with Gasteiger partial charge >= 0.3 is 0 Å². The van der Waals surface area contributed by atoms with E-state index in [9.17, 15) is 19.5 Å². The number of rotatable bonds is 7. The molecule has 11 heteroatoms. The van der Waals surface area contributed by atoms with Crippen molar-refractivity contribution in [2.45, 2.75) is 69.0 Å². The van der Waals surface area contributed by atoms with Crippen LogP contribution in [0.3, 0.4) is 0 Å². The molecule has 0 bridgehead atoms. The topological polar surface area (TPSA) is 115 Å². The van der Waals surface area contributed by atoms with Gasteiger partial charge in [-0.2, -0.15) is 0 Å². The van der Waals surface area contributed by atoms with E-state index in [0.29, 0.717) is 42.7 Å². The molecular formula is C47H51N5O6. The number of methoxy groups -OCH3 is 1. The van der Waals surface area contributed by atoms with Gasteiger partial charge in [-0.1, -0.05) is 42.5 Å². The zero-order valence-electron chi connectivity index (χ0n) is 33.1. The number of nitrogens with zero attached hydrogens (tertiary/aromatic N) is 4. The summed E-state index contributed by atoms with van der Waals surface area (Å²) in [6.07, 6.45) is 4.81. The molecular weight excluding hydrogens is 731 g/mol. The Balaban J connectivity index is 0.779. The highest BCUT2D eigenvalue weighted by Gasteiger charge is 2.42. The Bertz CT molecular complexity index is 2260. The van der Waals surface area contributed by atoms with Crippen LogP contribution in [0.15, 0.2) is 78.9 Å². The predicted octanol–water partition coefficient (Wildman–Crippen LogP) is 5.82. The second-order valence-electron chi connectivity index (χ2n) is 17.1. The van der Waals surface area contributed by atoms with Crippen LogP contribution in [-0.2, 0) is 22.6 Å². The summed E-state index contributed by atoms with van der Waals surface area (Å²) in [5, 5.41) is 12.7. The van der Waals surface area contributed by atoms with Crippen LogP contribution in [0.25, 0.3) is 0 Å². The monoisotopic (exact) mass is 781 g/mol. The molecule has 1 aliphatic carbocycles. The molecule has 5 aliphatic heterocycles. The lowest BCUT2D eigenvalue weighted by Crippen LogP contribution is -2.58. The number of phenols is 1. The van der Waals surface area contributed by atoms with Crippen molar-refractivity contribution < 1.29 is 29.0 Å². The van der Waals surface area contributed by atoms with Gasteiger partial charge in [-0.3, -0.25) is 24.6 Å². The minimum Gasteiger partial charge on any atom is -0.508 e. The van der Waals surface area contributed by atoms with Gasteiger partial charge < -0.3 is 29.3 Å². The van der Waals surface area contributed by atoms with Crippen molar-refractivity contribution in [1.29, 1.82) is 0 Å². The number of hydrogen-bond acceptors (Lipinski definition) is 9. The quantitative estimate of drug-likeness (QED) is 0.224. The number of hydrogen-bond donors (Lipinski definition) is 2. The fourth-order valence-corrected chi connectivity index (χ4v) is 10.8. The SMILES string of the molecule is COc1cc(N2CCC(CN3CCN4c5cc6c(cc5OC[C@@H]4C3)C(=O)N([C@H]3CCC(=O)NC3=O)C6)CC2)ccc1[C@H]1c2ccc(O)cc2CC[C@H]1c1ccccc1. The molecule has 4 aromatic carbocycles. The van der Waals surface area contributed by atoms with Crippen molar-refractivity contribution in [3.8, 4) is 17.2 Å². The van der Waals surface area contributed by atoms with Gasteiger partial charge in [0.15, 0.2) is 0 Å². The number of amides is 3. The number of piperazine rings is 1. The second kappa shape index (κ2) is 15.0. The van der Waals surface area contributed by atoms with Crippen LogP contribution in [0, 0.1) is 5.92 Å². The third-order valence-electron chi connectivity index (χ3n) is 13.8. The van der Waals surface area contributed by atoms with Crippen molar-refractivity contribution in [3.05, 3.63) is 112 Å². The summed E-state index contributed by atoms with van der Waals surface area (Å²) in [6, 6.07) is 27.1. The summed E-state index contributed by atoms with van der Waals surface area (Å²) >= 11 is 0. The van der Waals surface area contributed by atoms with E-state index in [1.54, 1.807) is 12.0 Å². The van der Waals surface area contributed by atoms with Gasteiger partial charge in [-0.05, 0) is 96.5 Å². The average molecular weight is 782 g/mol. The molecule has 4 aromatic rings. The fourth-order valence-electron chi connectivity index (χ4n) is 10.8. The zero-order chi connectivity index (χ0) is 39.5. The molecule has 0 aromatic heterocycles. The third-order valence-corrected chi connectivity index (χ3v) is 13.8. The number of phenolic OH excluding ortho intramolecular Hbond substituents is 1. The molecule has 11 nitrogen and oxygen atoms in total. The minimum absolute atomic E-state index is 0.130. The van der Waals surface area contributed by atoms with Gasteiger partial charge in [0.05, 0.1) is 18.8 Å². The van der Waals surface area contributed by atoms with Crippen molar-refractivity contribution in [2.75, 3.05) is 62.8 Å². The summed E-state index contributed by atoms with van der Waals surface area (Å²) < 4.78 is 12.5. The first-order valence-electron chi connectivity index (χ1n) is 21.0. The lowest BCUT2D eigenvalue weighted by atomic mass is 9.69. The Morgan fingerprint density at radius 3 is 2.47 bits per heavy atom. The van der Waals surface area contributed by atoms with Crippen LogP contribution in [-0.4, -0.2) is 97.7 Å². The molecule has 0 unspecified atom stereocenters. The number of aryl methyl sites for hydroxylation is 1. The first-order valence-corrected chi connectivity index (χ1v) is 21.0. The number of nitrogens with one attached hydrogen (secondary N) is 1. The van der Waals surface area contributed by atoms with Crippen molar-refractivity contribution in [2.24, 2.45) is 5.92 Å². The van der Waals surface area contributed by atoms with Crippen LogP contribution in [0.2, 0.25) is 0 Å². The lowest BCUT2D eigenvalue weighted by Gasteiger charge is -2.47. The first-order chi connectivity index (χ1) is 28.3. The van der Waals surface area contributed by atoms with Crippen molar-refractivity contribution >= 4 is 29.1 Å². The standard InChI is InChI=1S/C47H51N5O6/c1-57-42-23-33(8-11-38(42)45-36(30-5-3-2-4-6-30)10-7-31-21-35(53)9-12-37(31)45)50-17-15-29(16-18-50)25-49-19-20-51-34(27-49)28-58-43-24-39-32(22-41(43)51)26-52(47(39)56)40-13-14-44(54)48-46(40)55/h2-6,8-9,11-12,21-24,29,34,36,40,45,53H,7,10,13-20,25-28H2,1H3,(H,48,54,55)/t34-,36-,40-,45+/m0/s1. The molecule has 3 amide bonds. The van der Waals surface area contributed by atoms with E-state index >= 15 is 0 Å². The molecule has 3 fully saturated rings. The molecule has 0 spiro atoms. The molecule has 300 valence electrons. The highest BCUT2D eigenvalue weighted by molar-refractivity contribution is 6.06. The molecule has 6 aliphatic rings. The minimum atomic E-state index is -0.627. The molecule has 10 rings (SSSR count). The van der Waals surface area contributed by atoms with E-state index in [1.165, 1.54) is 27.9 Å². The predicted molar refractivity (Wildman–Crippen MR) is 221 cm³/mol. The Morgan fingerprint density at radius 1 is 0.828 bits per heavy atom. The summed E-state index contributed by atoms with van der Waals surface area (Å²) in [5.74, 6) is 2.20. The van der Waals surface area contributed by atoms with E-state index in [-0.39, 0.29) is 30.2 Å². The van der Waals surface area contributed by atoms with Gasteiger partial charge in [-0.15, -0.1) is 0 Å². The highest BCUT2D eigenvalue weighted by Crippen LogP contribution is 2.50. The Morgan fingerprint density at radius 2 is 1.66 bits per heavy atom. The van der Waals surface area contributed by atoms with Crippen LogP contribution >= 0.6 is 0 Å². The second-order valence-corrected chi connectivity index (χ2v) is 17.1. The molecule has 0 saturated carbocycles. The molecule has 2 N–H and O–H groups in total. The van der Waals surface area contributed by atoms with Crippen molar-refractivity contribution in [1.82, 2.24) is 15.1 Å². The molecule has 0 radical (unpaired) electrons. The van der Waals surface area contributed by atoms with E-state index in [2.05, 4.69) is 80.7 Å². The maximum atomic E-state index is 13.4. The van der Waals surface area contributed by atoms with E-state index in [4.69, 9.17) is 9.47 Å². The van der Waals surface area contributed by atoms with E-state index in [0.717, 1.165) is 87.7 Å². The maximum Gasteiger partial charge on any atom is 0.255 e. The molecule has 58 heavy (non-hydrogen) atoms. The smallest absolute Gasteiger partial charge is 0.255 e. The van der Waals surface area contributed by atoms with Crippen LogP contribution in [0.4, 0.5) is 11.4 Å². The number of carbonyl (C=O) groups excluding carboxylic acids is 3. The number of anilines is 2. The Hall–Kier alpha value is -5.55. The number of ether oxygens (including phenoxy) is 2. The van der Waals surface area contributed by atoms with Gasteiger partial charge in [-0.25, -0.2) is 0 Å². The van der Waals surface area contributed by atoms with Crippen LogP contribution in [0.5, 0.6) is 17.2 Å². The zero-order valence-corrected chi connectivity index (χ0v) is 33.1. The number of aromatic hydroxyl groups is 1. The lowest BCUT2D eigenvalue weighted by molar-refractivity contribution is -0.136. The number of benzene rings is 4. The Labute approximate surface area is 339 Å². The summed E-state index contributed by atoms with van der Waals surface area (Å²) in [5.41, 5.74) is 8.76. The van der Waals surface area contributed by atoms with Crippen LogP contribution < -0.4 is 24.6 Å². The van der Waals surface area contributed by atoms with E-state index in [1.807, 2.05) is 18.2 Å². The number of fused-ring (bicyclic) bond motifs is 5. The van der Waals surface area contributed by atoms with Gasteiger partial charge in [0.25, 0.3) is 5.91 Å². The van der Waals surface area contributed by atoms with Crippen LogP contribution in [0.1, 0.15) is 82.1 Å². The van der Waals surface area contributed by atoms with Gasteiger partial charge in [0.1, 0.15) is 29.9 Å². The number of piperidine rings is 2. The third kappa shape index (κ3) is 6.63. The van der Waals surface area contributed by atoms with Gasteiger partial charge in [0, 0.05) is 81.0 Å². The molecule has 5 heterocycles. The Kier molecular flexibility index (Phi) is 9.51. The summed E-state index contributed by atoms with van der Waals surface area (Å²) in [6.45, 7) is 6.83. The molecule has 4 atom stereocenters. The maximum absolute atomic E-state index is 13.4. The average Bonchev–Trinajstić information content (AvgIpc) is 3.56. The highest BCUT2D eigenvalue weighted by atomic mass is 16.5. The normalized spacial score (nSPS) is 24.7. The largest absolute Gasteiger partial charge is 0.508 e. The van der Waals surface area contributed by atoms with Gasteiger partial charge in [0.2, 0.25) is 11.8 Å². The first kappa shape index (κ1) is 36.8. The summed E-state index contributed by atoms with van der Waals surface area (Å²) in [4.78, 5) is 46.9. The fraction of sp³-hybridized carbons (Fsp3) is 0.426. The van der Waals surface area contributed by atoms with E-state index < -0.39 is 11.9 Å². The molecule has 3 saturated heterocycles. The number of carbonyl (C=O) groups is 3. The van der Waals surface area contributed by atoms with Crippen molar-refractivity contribution in [3.63, 3.8) is 0 Å². The number of imide groups is 1.